The standard InChI is InChI=1S/C31H31N5O4/c1-2-28(37)35-12-10-22(11-13-35)33-26-19-39-27-14-21(8-9-25(26)27)29-30(20-6-4-3-5-7-20)36-16-23(15-32-31(36)34-29)40-24-17-38-18-24/h2-9,14-16,22,24,26,33H,1,10-13,17-19H2/t26-/m0/s1. The molecule has 2 aromatic heterocycles. The number of amides is 1. The molecule has 0 bridgehead atoms. The predicted octanol–water partition coefficient (Wildman–Crippen LogP) is 4.04. The lowest BCUT2D eigenvalue weighted by Gasteiger charge is -2.33. The van der Waals surface area contributed by atoms with E-state index in [1.165, 1.54) is 6.08 Å². The van der Waals surface area contributed by atoms with Crippen LogP contribution in [0.5, 0.6) is 11.5 Å². The van der Waals surface area contributed by atoms with E-state index in [1.807, 2.05) is 33.7 Å². The van der Waals surface area contributed by atoms with Gasteiger partial charge in [-0.1, -0.05) is 49.0 Å². The second-order valence-electron chi connectivity index (χ2n) is 10.5. The zero-order valence-corrected chi connectivity index (χ0v) is 22.2. The van der Waals surface area contributed by atoms with E-state index in [0.29, 0.717) is 37.4 Å². The number of rotatable bonds is 7. The van der Waals surface area contributed by atoms with E-state index in [4.69, 9.17) is 19.2 Å². The molecule has 204 valence electrons. The van der Waals surface area contributed by atoms with Gasteiger partial charge in [-0.05, 0) is 25.0 Å². The van der Waals surface area contributed by atoms with Crippen LogP contribution < -0.4 is 14.8 Å². The van der Waals surface area contributed by atoms with Gasteiger partial charge in [0.2, 0.25) is 11.7 Å². The maximum atomic E-state index is 11.9. The van der Waals surface area contributed by atoms with Gasteiger partial charge < -0.3 is 24.4 Å². The van der Waals surface area contributed by atoms with Crippen LogP contribution in [0.25, 0.3) is 28.3 Å². The molecule has 2 aromatic carbocycles. The molecule has 5 heterocycles. The Morgan fingerprint density at radius 1 is 1.07 bits per heavy atom. The summed E-state index contributed by atoms with van der Waals surface area (Å²) in [6, 6.07) is 17.0. The number of nitrogens with one attached hydrogen (secondary N) is 1. The second kappa shape index (κ2) is 10.4. The fourth-order valence-corrected chi connectivity index (χ4v) is 5.70. The Morgan fingerprint density at radius 3 is 2.65 bits per heavy atom. The minimum absolute atomic E-state index is 0.00857. The first-order valence-electron chi connectivity index (χ1n) is 13.8. The maximum absolute atomic E-state index is 11.9. The average Bonchev–Trinajstić information content (AvgIpc) is 3.56. The lowest BCUT2D eigenvalue weighted by Crippen LogP contribution is -2.45. The van der Waals surface area contributed by atoms with Crippen LogP contribution >= 0.6 is 0 Å². The molecule has 4 aromatic rings. The Kier molecular flexibility index (Phi) is 6.45. The maximum Gasteiger partial charge on any atom is 0.245 e. The van der Waals surface area contributed by atoms with Crippen LogP contribution in [-0.2, 0) is 9.53 Å². The van der Waals surface area contributed by atoms with E-state index in [1.54, 1.807) is 6.20 Å². The van der Waals surface area contributed by atoms with Crippen molar-refractivity contribution in [2.45, 2.75) is 31.0 Å². The van der Waals surface area contributed by atoms with E-state index >= 15 is 0 Å². The predicted molar refractivity (Wildman–Crippen MR) is 150 cm³/mol. The van der Waals surface area contributed by atoms with Crippen molar-refractivity contribution in [2.24, 2.45) is 0 Å². The molecule has 0 aliphatic carbocycles. The highest BCUT2D eigenvalue weighted by Crippen LogP contribution is 2.39. The van der Waals surface area contributed by atoms with Crippen molar-refractivity contribution < 1.29 is 19.0 Å². The molecule has 0 unspecified atom stereocenters. The van der Waals surface area contributed by atoms with Crippen LogP contribution in [0.1, 0.15) is 24.4 Å². The molecule has 1 N–H and O–H groups in total. The van der Waals surface area contributed by atoms with E-state index in [-0.39, 0.29) is 18.1 Å². The van der Waals surface area contributed by atoms with Gasteiger partial charge in [-0.15, -0.1) is 0 Å². The minimum atomic E-state index is 0.00857. The molecular formula is C31H31N5O4. The molecule has 3 aliphatic heterocycles. The van der Waals surface area contributed by atoms with Crippen LogP contribution in [0, 0.1) is 0 Å². The first-order chi connectivity index (χ1) is 19.7. The highest BCUT2D eigenvalue weighted by molar-refractivity contribution is 5.87. The number of ether oxygens (including phenoxy) is 3. The van der Waals surface area contributed by atoms with Crippen LogP contribution in [0.2, 0.25) is 0 Å². The normalized spacial score (nSPS) is 19.2. The third kappa shape index (κ3) is 4.61. The van der Waals surface area contributed by atoms with Gasteiger partial charge in [-0.25, -0.2) is 9.97 Å². The summed E-state index contributed by atoms with van der Waals surface area (Å²) < 4.78 is 19.5. The van der Waals surface area contributed by atoms with Crippen LogP contribution in [-0.4, -0.2) is 70.2 Å². The Balaban J connectivity index is 1.17. The zero-order valence-electron chi connectivity index (χ0n) is 22.2. The summed E-state index contributed by atoms with van der Waals surface area (Å²) in [5, 5.41) is 3.76. The molecule has 1 atom stereocenters. The lowest BCUT2D eigenvalue weighted by molar-refractivity contribution is -0.127. The van der Waals surface area contributed by atoms with Crippen molar-refractivity contribution in [3.63, 3.8) is 0 Å². The van der Waals surface area contributed by atoms with Crippen molar-refractivity contribution in [2.75, 3.05) is 32.9 Å². The van der Waals surface area contributed by atoms with Gasteiger partial charge in [0.1, 0.15) is 18.5 Å². The Labute approximate surface area is 232 Å². The number of nitrogens with zero attached hydrogens (tertiary/aromatic N) is 4. The Bertz CT molecular complexity index is 1560. The van der Waals surface area contributed by atoms with Gasteiger partial charge in [-0.3, -0.25) is 9.20 Å². The lowest BCUT2D eigenvalue weighted by atomic mass is 9.99. The number of carbonyl (C=O) groups excluding carboxylic acids is 1. The van der Waals surface area contributed by atoms with Crippen LogP contribution in [0.15, 0.2) is 73.6 Å². The second-order valence-corrected chi connectivity index (χ2v) is 10.5. The first kappa shape index (κ1) is 24.8. The SMILES string of the molecule is C=CC(=O)N1CCC(N[C@H]2COc3cc(-c4nc5ncc(OC6COC6)cn5c4-c4ccccc4)ccc32)CC1. The smallest absolute Gasteiger partial charge is 0.245 e. The van der Waals surface area contributed by atoms with Crippen molar-refractivity contribution in [3.05, 3.63) is 79.1 Å². The van der Waals surface area contributed by atoms with E-state index in [9.17, 15) is 4.79 Å². The summed E-state index contributed by atoms with van der Waals surface area (Å²) in [7, 11) is 0. The summed E-state index contributed by atoms with van der Waals surface area (Å²) in [5.74, 6) is 2.17. The fourth-order valence-electron chi connectivity index (χ4n) is 5.70. The highest BCUT2D eigenvalue weighted by Gasteiger charge is 2.30. The van der Waals surface area contributed by atoms with Crippen molar-refractivity contribution in [1.82, 2.24) is 24.6 Å². The number of hydrogen-bond acceptors (Lipinski definition) is 7. The molecule has 0 spiro atoms. The van der Waals surface area contributed by atoms with Crippen LogP contribution in [0.3, 0.4) is 0 Å². The van der Waals surface area contributed by atoms with Gasteiger partial charge in [-0.2, -0.15) is 0 Å². The summed E-state index contributed by atoms with van der Waals surface area (Å²) in [4.78, 5) is 23.3. The largest absolute Gasteiger partial charge is 0.491 e. The average molecular weight is 538 g/mol. The van der Waals surface area contributed by atoms with Gasteiger partial charge in [0.15, 0.2) is 5.75 Å². The van der Waals surface area contributed by atoms with E-state index < -0.39 is 0 Å². The Morgan fingerprint density at radius 2 is 1.90 bits per heavy atom. The number of piperidine rings is 1. The number of likely N-dealkylation sites (tertiary alicyclic amines) is 1. The van der Waals surface area contributed by atoms with Gasteiger partial charge >= 0.3 is 0 Å². The quantitative estimate of drug-likeness (QED) is 0.356. The molecule has 7 rings (SSSR count). The number of aromatic nitrogens is 3. The highest BCUT2D eigenvalue weighted by atomic mass is 16.6. The number of benzene rings is 2. The van der Waals surface area contributed by atoms with Gasteiger partial charge in [0, 0.05) is 35.8 Å². The topological polar surface area (TPSA) is 90.2 Å². The fraction of sp³-hybridized carbons (Fsp3) is 0.323. The first-order valence-corrected chi connectivity index (χ1v) is 13.8. The number of carbonyl (C=O) groups is 1. The molecule has 2 fully saturated rings. The molecule has 40 heavy (non-hydrogen) atoms. The van der Waals surface area contributed by atoms with Gasteiger partial charge in [0.25, 0.3) is 0 Å². The van der Waals surface area contributed by atoms with E-state index in [0.717, 1.165) is 59.8 Å². The molecule has 9 nitrogen and oxygen atoms in total. The molecule has 3 aliphatic rings. The Hall–Kier alpha value is -4.21. The molecule has 0 saturated carbocycles. The van der Waals surface area contributed by atoms with Gasteiger partial charge in [0.05, 0.1) is 43.0 Å². The number of fused-ring (bicyclic) bond motifs is 2. The summed E-state index contributed by atoms with van der Waals surface area (Å²) in [5.41, 5.74) is 4.94. The molecule has 1 amide bonds. The van der Waals surface area contributed by atoms with E-state index in [2.05, 4.69) is 47.2 Å². The summed E-state index contributed by atoms with van der Waals surface area (Å²) in [6.45, 7) is 6.86. The van der Waals surface area contributed by atoms with Crippen molar-refractivity contribution in [1.29, 1.82) is 0 Å². The van der Waals surface area contributed by atoms with Crippen molar-refractivity contribution in [3.8, 4) is 34.0 Å². The monoisotopic (exact) mass is 537 g/mol. The third-order valence-corrected chi connectivity index (χ3v) is 7.90. The molecule has 2 saturated heterocycles. The minimum Gasteiger partial charge on any atom is -0.491 e. The summed E-state index contributed by atoms with van der Waals surface area (Å²) in [6.07, 6.45) is 6.96. The van der Waals surface area contributed by atoms with Crippen molar-refractivity contribution >= 4 is 11.7 Å². The number of hydrogen-bond donors (Lipinski definition) is 1. The molecule has 0 radical (unpaired) electrons. The summed E-state index contributed by atoms with van der Waals surface area (Å²) >= 11 is 0. The molecular weight excluding hydrogens is 506 g/mol. The number of imidazole rings is 1. The third-order valence-electron chi connectivity index (χ3n) is 7.90. The molecule has 9 heteroatoms. The zero-order chi connectivity index (χ0) is 27.1. The van der Waals surface area contributed by atoms with Crippen LogP contribution in [0.4, 0.5) is 0 Å².